The molecule has 26 heavy (non-hydrogen) atoms. The standard InChI is InChI=1S/C21H34N4O/c1-13-10-20(23)25-14(2)18(13)12-24-21(26)19(22)11-16-8-5-7-15-6-3-4-9-17(15)16/h10,15-17,19H,3-9,11-12,22H2,1-2H3,(H2,23,25)(H,24,26)/t15?,16?,17?,19-/m0/s1. The number of nitrogens with two attached hydrogens (primary N) is 2. The summed E-state index contributed by atoms with van der Waals surface area (Å²) in [7, 11) is 0. The summed E-state index contributed by atoms with van der Waals surface area (Å²) in [5.74, 6) is 2.77. The lowest BCUT2D eigenvalue weighted by molar-refractivity contribution is -0.123. The van der Waals surface area contributed by atoms with E-state index in [1.807, 2.05) is 19.9 Å². The summed E-state index contributed by atoms with van der Waals surface area (Å²) in [6.45, 7) is 4.39. The van der Waals surface area contributed by atoms with Crippen LogP contribution in [0.25, 0.3) is 0 Å². The summed E-state index contributed by atoms with van der Waals surface area (Å²) >= 11 is 0. The highest BCUT2D eigenvalue weighted by atomic mass is 16.2. The van der Waals surface area contributed by atoms with Crippen molar-refractivity contribution in [2.24, 2.45) is 23.5 Å². The number of nitrogen functional groups attached to an aromatic ring is 1. The van der Waals surface area contributed by atoms with E-state index in [4.69, 9.17) is 11.5 Å². The predicted octanol–water partition coefficient (Wildman–Crippen LogP) is 3.22. The normalized spacial score (nSPS) is 26.8. The third kappa shape index (κ3) is 4.37. The zero-order chi connectivity index (χ0) is 18.7. The summed E-state index contributed by atoms with van der Waals surface area (Å²) in [4.78, 5) is 16.8. The van der Waals surface area contributed by atoms with Crippen LogP contribution in [-0.4, -0.2) is 16.9 Å². The lowest BCUT2D eigenvalue weighted by Crippen LogP contribution is -2.44. The third-order valence-corrected chi connectivity index (χ3v) is 6.63. The maximum absolute atomic E-state index is 12.6. The second-order valence-electron chi connectivity index (χ2n) is 8.39. The van der Waals surface area contributed by atoms with Crippen LogP contribution in [0.15, 0.2) is 6.07 Å². The van der Waals surface area contributed by atoms with Crippen molar-refractivity contribution in [3.63, 3.8) is 0 Å². The van der Waals surface area contributed by atoms with Crippen LogP contribution in [-0.2, 0) is 11.3 Å². The summed E-state index contributed by atoms with van der Waals surface area (Å²) in [5.41, 5.74) is 15.0. The van der Waals surface area contributed by atoms with E-state index >= 15 is 0 Å². The van der Waals surface area contributed by atoms with Crippen molar-refractivity contribution in [1.82, 2.24) is 10.3 Å². The predicted molar refractivity (Wildman–Crippen MR) is 105 cm³/mol. The topological polar surface area (TPSA) is 94.0 Å². The molecule has 144 valence electrons. The summed E-state index contributed by atoms with van der Waals surface area (Å²) in [6, 6.07) is 1.43. The Morgan fingerprint density at radius 3 is 2.73 bits per heavy atom. The summed E-state index contributed by atoms with van der Waals surface area (Å²) < 4.78 is 0. The fraction of sp³-hybridized carbons (Fsp3) is 0.714. The molecule has 1 aromatic heterocycles. The van der Waals surface area contributed by atoms with Gasteiger partial charge < -0.3 is 16.8 Å². The number of fused-ring (bicyclic) bond motifs is 1. The molecule has 2 saturated carbocycles. The molecule has 2 aliphatic carbocycles. The minimum Gasteiger partial charge on any atom is -0.384 e. The largest absolute Gasteiger partial charge is 0.384 e. The van der Waals surface area contributed by atoms with Crippen molar-refractivity contribution in [2.75, 3.05) is 5.73 Å². The van der Waals surface area contributed by atoms with Crippen LogP contribution in [0.2, 0.25) is 0 Å². The van der Waals surface area contributed by atoms with Crippen molar-refractivity contribution in [2.45, 2.75) is 77.8 Å². The molecule has 3 rings (SSSR count). The molecule has 0 radical (unpaired) electrons. The van der Waals surface area contributed by atoms with E-state index in [1.54, 1.807) is 0 Å². The average Bonchev–Trinajstić information content (AvgIpc) is 2.61. The minimum atomic E-state index is -0.414. The van der Waals surface area contributed by atoms with Gasteiger partial charge in [-0.25, -0.2) is 4.98 Å². The first kappa shape index (κ1) is 19.2. The highest BCUT2D eigenvalue weighted by Gasteiger charge is 2.36. The smallest absolute Gasteiger partial charge is 0.237 e. The van der Waals surface area contributed by atoms with Gasteiger partial charge in [-0.15, -0.1) is 0 Å². The number of pyridine rings is 1. The Hall–Kier alpha value is -1.62. The number of hydrogen-bond acceptors (Lipinski definition) is 4. The van der Waals surface area contributed by atoms with Crippen molar-refractivity contribution < 1.29 is 4.79 Å². The van der Waals surface area contributed by atoms with E-state index in [1.165, 1.54) is 44.9 Å². The fourth-order valence-corrected chi connectivity index (χ4v) is 5.26. The highest BCUT2D eigenvalue weighted by molar-refractivity contribution is 5.81. The first-order valence-electron chi connectivity index (χ1n) is 10.2. The zero-order valence-corrected chi connectivity index (χ0v) is 16.3. The van der Waals surface area contributed by atoms with Gasteiger partial charge in [0.2, 0.25) is 5.91 Å². The molecule has 5 heteroatoms. The molecule has 2 fully saturated rings. The molecule has 0 spiro atoms. The third-order valence-electron chi connectivity index (χ3n) is 6.63. The Kier molecular flexibility index (Phi) is 6.17. The SMILES string of the molecule is Cc1cc(N)nc(C)c1CNC(=O)[C@@H](N)CC1CCCC2CCCCC21. The Morgan fingerprint density at radius 2 is 1.96 bits per heavy atom. The van der Waals surface area contributed by atoms with E-state index in [0.29, 0.717) is 18.3 Å². The van der Waals surface area contributed by atoms with Gasteiger partial charge in [-0.1, -0.05) is 38.5 Å². The molecule has 1 aromatic rings. The van der Waals surface area contributed by atoms with Gasteiger partial charge in [0, 0.05) is 12.2 Å². The van der Waals surface area contributed by atoms with Gasteiger partial charge in [0.05, 0.1) is 6.04 Å². The summed E-state index contributed by atoms with van der Waals surface area (Å²) in [5, 5.41) is 3.02. The maximum Gasteiger partial charge on any atom is 0.237 e. The second-order valence-corrected chi connectivity index (χ2v) is 8.39. The molecule has 1 heterocycles. The van der Waals surface area contributed by atoms with Crippen LogP contribution in [0.3, 0.4) is 0 Å². The van der Waals surface area contributed by atoms with Crippen LogP contribution >= 0.6 is 0 Å². The zero-order valence-electron chi connectivity index (χ0n) is 16.3. The number of carbonyl (C=O) groups is 1. The number of anilines is 1. The number of nitrogens with one attached hydrogen (secondary N) is 1. The molecule has 3 unspecified atom stereocenters. The number of aromatic nitrogens is 1. The van der Waals surface area contributed by atoms with E-state index in [9.17, 15) is 4.79 Å². The number of aryl methyl sites for hydroxylation is 2. The average molecular weight is 359 g/mol. The molecule has 0 bridgehead atoms. The van der Waals surface area contributed by atoms with Crippen molar-refractivity contribution in [3.8, 4) is 0 Å². The minimum absolute atomic E-state index is 0.0430. The lowest BCUT2D eigenvalue weighted by atomic mass is 9.64. The molecule has 0 saturated heterocycles. The first-order valence-corrected chi connectivity index (χ1v) is 10.2. The first-order chi connectivity index (χ1) is 12.5. The molecule has 1 amide bonds. The van der Waals surface area contributed by atoms with Gasteiger partial charge in [0.15, 0.2) is 0 Å². The van der Waals surface area contributed by atoms with Crippen molar-refractivity contribution in [1.29, 1.82) is 0 Å². The van der Waals surface area contributed by atoms with Gasteiger partial charge in [0.25, 0.3) is 0 Å². The molecular formula is C21H34N4O. The van der Waals surface area contributed by atoms with E-state index in [-0.39, 0.29) is 5.91 Å². The number of amides is 1. The molecule has 4 atom stereocenters. The molecule has 5 N–H and O–H groups in total. The number of rotatable bonds is 5. The van der Waals surface area contributed by atoms with Crippen LogP contribution in [0.1, 0.15) is 68.2 Å². The van der Waals surface area contributed by atoms with E-state index in [2.05, 4.69) is 10.3 Å². The number of hydrogen-bond donors (Lipinski definition) is 3. The number of nitrogens with zero attached hydrogens (tertiary/aromatic N) is 1. The van der Waals surface area contributed by atoms with Gasteiger partial charge in [-0.3, -0.25) is 4.79 Å². The van der Waals surface area contributed by atoms with Crippen LogP contribution in [0, 0.1) is 31.6 Å². The van der Waals surface area contributed by atoms with E-state index in [0.717, 1.165) is 35.1 Å². The Bertz CT molecular complexity index is 620. The van der Waals surface area contributed by atoms with Gasteiger partial charge in [-0.2, -0.15) is 0 Å². The lowest BCUT2D eigenvalue weighted by Gasteiger charge is -2.42. The maximum atomic E-state index is 12.6. The Labute approximate surface area is 157 Å². The number of carbonyl (C=O) groups excluding carboxylic acids is 1. The van der Waals surface area contributed by atoms with Crippen molar-refractivity contribution in [3.05, 3.63) is 22.9 Å². The van der Waals surface area contributed by atoms with Crippen molar-refractivity contribution >= 4 is 11.7 Å². The Balaban J connectivity index is 1.55. The Morgan fingerprint density at radius 1 is 1.23 bits per heavy atom. The molecule has 0 aliphatic heterocycles. The quantitative estimate of drug-likeness (QED) is 0.753. The van der Waals surface area contributed by atoms with Crippen LogP contribution < -0.4 is 16.8 Å². The highest BCUT2D eigenvalue weighted by Crippen LogP contribution is 2.45. The second kappa shape index (κ2) is 8.38. The van der Waals surface area contributed by atoms with E-state index < -0.39 is 6.04 Å². The monoisotopic (exact) mass is 358 g/mol. The molecule has 0 aromatic carbocycles. The summed E-state index contributed by atoms with van der Waals surface area (Å²) in [6.07, 6.45) is 10.2. The van der Waals surface area contributed by atoms with Crippen LogP contribution in [0.5, 0.6) is 0 Å². The molecule has 5 nitrogen and oxygen atoms in total. The fourth-order valence-electron chi connectivity index (χ4n) is 5.26. The van der Waals surface area contributed by atoms with Gasteiger partial charge in [0.1, 0.15) is 5.82 Å². The molecule has 2 aliphatic rings. The van der Waals surface area contributed by atoms with Gasteiger partial charge >= 0.3 is 0 Å². The van der Waals surface area contributed by atoms with Gasteiger partial charge in [-0.05, 0) is 61.6 Å². The molecular weight excluding hydrogens is 324 g/mol. The van der Waals surface area contributed by atoms with Crippen LogP contribution in [0.4, 0.5) is 5.82 Å².